The van der Waals surface area contributed by atoms with Gasteiger partial charge in [-0.3, -0.25) is 15.1 Å². The number of nitro benzene ring substituents is 1. The van der Waals surface area contributed by atoms with Gasteiger partial charge in [0, 0.05) is 29.5 Å². The second kappa shape index (κ2) is 9.24. The quantitative estimate of drug-likeness (QED) is 0.296. The predicted octanol–water partition coefficient (Wildman–Crippen LogP) is 3.10. The summed E-state index contributed by atoms with van der Waals surface area (Å²) < 4.78 is 0. The summed E-state index contributed by atoms with van der Waals surface area (Å²) in [6, 6.07) is 19.3. The van der Waals surface area contributed by atoms with Crippen LogP contribution in [-0.4, -0.2) is 21.6 Å². The zero-order valence-corrected chi connectivity index (χ0v) is 15.4. The molecule has 0 bridgehead atoms. The molecule has 0 atom stereocenters. The summed E-state index contributed by atoms with van der Waals surface area (Å²) in [5, 5.41) is 18.8. The second-order valence-electron chi connectivity index (χ2n) is 5.58. The van der Waals surface area contributed by atoms with E-state index in [1.807, 2.05) is 36.4 Å². The van der Waals surface area contributed by atoms with Crippen LogP contribution < -0.4 is 11.5 Å². The molecular weight excluding hydrogens is 380 g/mol. The molecule has 3 rings (SSSR count). The molecular formula is C19H17ClN6O2. The lowest BCUT2D eigenvalue weighted by atomic mass is 10.0. The van der Waals surface area contributed by atoms with E-state index in [0.717, 1.165) is 11.1 Å². The van der Waals surface area contributed by atoms with Crippen molar-refractivity contribution in [1.82, 2.24) is 4.98 Å². The van der Waals surface area contributed by atoms with Gasteiger partial charge in [0.25, 0.3) is 5.69 Å². The summed E-state index contributed by atoms with van der Waals surface area (Å²) in [4.78, 5) is 15.0. The number of pyridine rings is 1. The minimum atomic E-state index is -0.430. The SMILES string of the molecule is Cl.NC(N)=N/N=C(/c1ccccc1)c1ccc(-c2cccc([N+](=O)[O-])c2)cn1. The lowest BCUT2D eigenvalue weighted by Crippen LogP contribution is -2.22. The summed E-state index contributed by atoms with van der Waals surface area (Å²) in [6.07, 6.45) is 1.63. The molecule has 8 nitrogen and oxygen atoms in total. The number of nitro groups is 1. The first-order chi connectivity index (χ1) is 13.0. The maximum absolute atomic E-state index is 11.0. The number of hydrogen-bond acceptors (Lipinski definition) is 5. The van der Waals surface area contributed by atoms with E-state index < -0.39 is 4.92 Å². The van der Waals surface area contributed by atoms with Gasteiger partial charge in [-0.1, -0.05) is 48.5 Å². The first-order valence-electron chi connectivity index (χ1n) is 7.98. The maximum Gasteiger partial charge on any atom is 0.270 e. The van der Waals surface area contributed by atoms with E-state index in [9.17, 15) is 10.1 Å². The zero-order chi connectivity index (χ0) is 19.2. The predicted molar refractivity (Wildman–Crippen MR) is 111 cm³/mol. The van der Waals surface area contributed by atoms with Gasteiger partial charge >= 0.3 is 0 Å². The van der Waals surface area contributed by atoms with Gasteiger partial charge in [-0.15, -0.1) is 22.6 Å². The molecule has 2 aromatic carbocycles. The molecule has 0 saturated carbocycles. The van der Waals surface area contributed by atoms with E-state index in [2.05, 4.69) is 15.2 Å². The number of hydrogen-bond donors (Lipinski definition) is 2. The van der Waals surface area contributed by atoms with Crippen LogP contribution in [0.3, 0.4) is 0 Å². The molecule has 0 fully saturated rings. The third kappa shape index (κ3) is 4.89. The van der Waals surface area contributed by atoms with E-state index in [4.69, 9.17) is 11.5 Å². The first-order valence-corrected chi connectivity index (χ1v) is 7.98. The van der Waals surface area contributed by atoms with Crippen LogP contribution in [0.2, 0.25) is 0 Å². The van der Waals surface area contributed by atoms with Gasteiger partial charge in [-0.05, 0) is 11.6 Å². The molecule has 3 aromatic rings. The highest BCUT2D eigenvalue weighted by Crippen LogP contribution is 2.23. The number of aromatic nitrogens is 1. The van der Waals surface area contributed by atoms with Crippen molar-refractivity contribution in [3.8, 4) is 11.1 Å². The number of benzene rings is 2. The van der Waals surface area contributed by atoms with Crippen LogP contribution in [0.4, 0.5) is 5.69 Å². The van der Waals surface area contributed by atoms with Crippen LogP contribution in [0.15, 0.2) is 83.1 Å². The Morgan fingerprint density at radius 2 is 1.68 bits per heavy atom. The van der Waals surface area contributed by atoms with Crippen molar-refractivity contribution in [3.05, 3.63) is 94.3 Å². The van der Waals surface area contributed by atoms with Crippen molar-refractivity contribution < 1.29 is 4.92 Å². The molecule has 4 N–H and O–H groups in total. The molecule has 0 saturated heterocycles. The number of nitrogens with two attached hydrogens (primary N) is 2. The van der Waals surface area contributed by atoms with Crippen molar-refractivity contribution >= 4 is 29.8 Å². The number of guanidine groups is 1. The Balaban J connectivity index is 0.00000280. The van der Waals surface area contributed by atoms with Gasteiger partial charge in [0.15, 0.2) is 0 Å². The van der Waals surface area contributed by atoms with Crippen molar-refractivity contribution in [3.63, 3.8) is 0 Å². The van der Waals surface area contributed by atoms with Crippen LogP contribution in [0.25, 0.3) is 11.1 Å². The third-order valence-electron chi connectivity index (χ3n) is 3.71. The van der Waals surface area contributed by atoms with Crippen molar-refractivity contribution in [2.24, 2.45) is 21.7 Å². The molecule has 1 heterocycles. The average molecular weight is 397 g/mol. The van der Waals surface area contributed by atoms with E-state index >= 15 is 0 Å². The van der Waals surface area contributed by atoms with Crippen LogP contribution in [0.5, 0.6) is 0 Å². The summed E-state index contributed by atoms with van der Waals surface area (Å²) >= 11 is 0. The summed E-state index contributed by atoms with van der Waals surface area (Å²) in [6.45, 7) is 0. The van der Waals surface area contributed by atoms with Gasteiger partial charge < -0.3 is 11.5 Å². The Morgan fingerprint density at radius 3 is 2.29 bits per heavy atom. The molecule has 9 heteroatoms. The van der Waals surface area contributed by atoms with Gasteiger partial charge in [0.05, 0.1) is 10.6 Å². The summed E-state index contributed by atoms with van der Waals surface area (Å²) in [5.74, 6) is -0.156. The number of rotatable bonds is 5. The van der Waals surface area contributed by atoms with Crippen molar-refractivity contribution in [2.45, 2.75) is 0 Å². The van der Waals surface area contributed by atoms with Gasteiger partial charge in [-0.2, -0.15) is 0 Å². The van der Waals surface area contributed by atoms with E-state index in [-0.39, 0.29) is 24.1 Å². The normalized spacial score (nSPS) is 10.6. The molecule has 142 valence electrons. The highest BCUT2D eigenvalue weighted by Gasteiger charge is 2.11. The Kier molecular flexibility index (Phi) is 6.78. The Labute approximate surface area is 167 Å². The average Bonchev–Trinajstić information content (AvgIpc) is 2.69. The Bertz CT molecular complexity index is 1020. The second-order valence-corrected chi connectivity index (χ2v) is 5.58. The smallest absolute Gasteiger partial charge is 0.270 e. The van der Waals surface area contributed by atoms with Gasteiger partial charge in [0.2, 0.25) is 5.96 Å². The minimum absolute atomic E-state index is 0. The van der Waals surface area contributed by atoms with Crippen LogP contribution in [0.1, 0.15) is 11.3 Å². The largest absolute Gasteiger partial charge is 0.369 e. The highest BCUT2D eigenvalue weighted by molar-refractivity contribution is 6.11. The fraction of sp³-hybridized carbons (Fsp3) is 0. The number of nitrogens with zero attached hydrogens (tertiary/aromatic N) is 4. The van der Waals surface area contributed by atoms with Crippen LogP contribution in [0, 0.1) is 10.1 Å². The van der Waals surface area contributed by atoms with Gasteiger partial charge in [-0.25, -0.2) is 0 Å². The molecule has 1 aromatic heterocycles. The fourth-order valence-electron chi connectivity index (χ4n) is 2.46. The highest BCUT2D eigenvalue weighted by atomic mass is 35.5. The topological polar surface area (TPSA) is 133 Å². The zero-order valence-electron chi connectivity index (χ0n) is 14.6. The van der Waals surface area contributed by atoms with Crippen LogP contribution >= 0.6 is 12.4 Å². The molecule has 0 radical (unpaired) electrons. The van der Waals surface area contributed by atoms with Crippen LogP contribution in [-0.2, 0) is 0 Å². The molecule has 0 unspecified atom stereocenters. The lowest BCUT2D eigenvalue weighted by molar-refractivity contribution is -0.384. The van der Waals surface area contributed by atoms with Gasteiger partial charge in [0.1, 0.15) is 5.71 Å². The minimum Gasteiger partial charge on any atom is -0.369 e. The van der Waals surface area contributed by atoms with Crippen molar-refractivity contribution in [2.75, 3.05) is 0 Å². The first kappa shape index (κ1) is 20.5. The molecule has 0 spiro atoms. The standard InChI is InChI=1S/C19H16N6O2.ClH/c20-19(21)24-23-18(13-5-2-1-3-6-13)17-10-9-15(12-22-17)14-7-4-8-16(11-14)25(26)27;/h1-12H,(H4,20,21,24);1H/b23-18-;. The molecule has 0 aliphatic heterocycles. The van der Waals surface area contributed by atoms with E-state index in [1.54, 1.807) is 24.4 Å². The summed E-state index contributed by atoms with van der Waals surface area (Å²) in [5.41, 5.74) is 14.1. The van der Waals surface area contributed by atoms with E-state index in [0.29, 0.717) is 17.0 Å². The Morgan fingerprint density at radius 1 is 0.929 bits per heavy atom. The van der Waals surface area contributed by atoms with E-state index in [1.165, 1.54) is 12.1 Å². The third-order valence-corrected chi connectivity index (χ3v) is 3.71. The fourth-order valence-corrected chi connectivity index (χ4v) is 2.46. The lowest BCUT2D eigenvalue weighted by Gasteiger charge is -2.07. The molecule has 28 heavy (non-hydrogen) atoms. The molecule has 0 amide bonds. The Hall–Kier alpha value is -3.78. The molecule has 0 aliphatic rings. The summed E-state index contributed by atoms with van der Waals surface area (Å²) in [7, 11) is 0. The monoisotopic (exact) mass is 396 g/mol. The number of halogens is 1. The van der Waals surface area contributed by atoms with Crippen molar-refractivity contribution in [1.29, 1.82) is 0 Å². The molecule has 0 aliphatic carbocycles. The maximum atomic E-state index is 11.0. The number of non-ortho nitro benzene ring substituents is 1.